The number of halogens is 3. The van der Waals surface area contributed by atoms with Crippen molar-refractivity contribution in [1.29, 1.82) is 0 Å². The fraction of sp³-hybridized carbons (Fsp3) is 0.407. The van der Waals surface area contributed by atoms with E-state index in [0.717, 1.165) is 11.9 Å². The van der Waals surface area contributed by atoms with E-state index in [2.05, 4.69) is 10.3 Å². The van der Waals surface area contributed by atoms with Crippen molar-refractivity contribution in [3.63, 3.8) is 0 Å². The van der Waals surface area contributed by atoms with E-state index in [4.69, 9.17) is 25.6 Å². The van der Waals surface area contributed by atoms with Crippen LogP contribution in [0, 0.1) is 11.6 Å². The van der Waals surface area contributed by atoms with E-state index in [1.54, 1.807) is 43.8 Å². The van der Waals surface area contributed by atoms with E-state index >= 15 is 4.39 Å². The number of rotatable bonds is 7. The van der Waals surface area contributed by atoms with Crippen molar-refractivity contribution in [3.8, 4) is 0 Å². The molecule has 2 heterocycles. The van der Waals surface area contributed by atoms with Gasteiger partial charge in [-0.2, -0.15) is 4.31 Å². The average Bonchev–Trinajstić information content (AvgIpc) is 3.43. The van der Waals surface area contributed by atoms with Gasteiger partial charge in [-0.05, 0) is 72.1 Å². The first-order valence-electron chi connectivity index (χ1n) is 12.5. The van der Waals surface area contributed by atoms with Crippen molar-refractivity contribution in [2.45, 2.75) is 76.7 Å². The fourth-order valence-electron chi connectivity index (χ4n) is 3.67. The molecule has 0 spiro atoms. The fourth-order valence-corrected chi connectivity index (χ4v) is 5.36. The number of nitrogens with zero attached hydrogens (tertiary/aromatic N) is 2. The van der Waals surface area contributed by atoms with Crippen molar-refractivity contribution in [3.05, 3.63) is 63.4 Å². The Morgan fingerprint density at radius 1 is 1.15 bits per heavy atom. The standard InChI is InChI=1S/C27H31BClF2N3O4S2/c1-25(2,3)36-24(35)34(23-14-39-15-33-23)40-22-11-18(29)21(12-20(22)31)32-13-16-10-17(8-9-19(16)30)28-37-26(4,5)27(6,7)38-28/h8-12,14-15,32H,13H2,1-7H3. The van der Waals surface area contributed by atoms with Gasteiger partial charge in [0.2, 0.25) is 0 Å². The normalized spacial score (nSPS) is 16.2. The number of ether oxygens (including phenoxy) is 1. The van der Waals surface area contributed by atoms with Gasteiger partial charge in [-0.25, -0.2) is 18.6 Å². The first-order chi connectivity index (χ1) is 18.6. The van der Waals surface area contributed by atoms with Crippen LogP contribution < -0.4 is 15.1 Å². The van der Waals surface area contributed by atoms with E-state index < -0.39 is 41.6 Å². The van der Waals surface area contributed by atoms with Gasteiger partial charge in [-0.1, -0.05) is 23.7 Å². The number of carbonyl (C=O) groups is 1. The number of hydrogen-bond acceptors (Lipinski definition) is 8. The predicted molar refractivity (Wildman–Crippen MR) is 158 cm³/mol. The van der Waals surface area contributed by atoms with Crippen molar-refractivity contribution in [1.82, 2.24) is 4.98 Å². The second kappa shape index (κ2) is 11.5. The Morgan fingerprint density at radius 3 is 2.42 bits per heavy atom. The van der Waals surface area contributed by atoms with Crippen LogP contribution in [0.3, 0.4) is 0 Å². The van der Waals surface area contributed by atoms with Gasteiger partial charge in [0, 0.05) is 29.4 Å². The van der Waals surface area contributed by atoms with Crippen LogP contribution in [0.5, 0.6) is 0 Å². The second-order valence-electron chi connectivity index (χ2n) is 11.3. The maximum Gasteiger partial charge on any atom is 0.494 e. The summed E-state index contributed by atoms with van der Waals surface area (Å²) in [6, 6.07) is 7.23. The van der Waals surface area contributed by atoms with E-state index in [0.29, 0.717) is 16.8 Å². The molecule has 0 unspecified atom stereocenters. The molecule has 1 amide bonds. The zero-order valence-electron chi connectivity index (χ0n) is 23.3. The lowest BCUT2D eigenvalue weighted by Gasteiger charge is -2.32. The maximum atomic E-state index is 15.2. The molecular weight excluding hydrogens is 579 g/mol. The second-order valence-corrected chi connectivity index (χ2v) is 13.4. The summed E-state index contributed by atoms with van der Waals surface area (Å²) in [6.07, 6.45) is -0.696. The summed E-state index contributed by atoms with van der Waals surface area (Å²) in [7, 11) is -0.646. The lowest BCUT2D eigenvalue weighted by Crippen LogP contribution is -2.41. The third kappa shape index (κ3) is 6.91. The van der Waals surface area contributed by atoms with Crippen LogP contribution >= 0.6 is 34.9 Å². The minimum Gasteiger partial charge on any atom is -0.443 e. The molecule has 1 aromatic heterocycles. The van der Waals surface area contributed by atoms with Gasteiger partial charge in [0.05, 0.1) is 32.3 Å². The SMILES string of the molecule is CC(C)(C)OC(=O)N(Sc1cc(Cl)c(NCc2cc(B3OC(C)(C)C(C)(C)O3)ccc2F)cc1F)c1cscn1. The molecule has 1 fully saturated rings. The Labute approximate surface area is 246 Å². The number of aromatic nitrogens is 1. The van der Waals surface area contributed by atoms with Gasteiger partial charge in [-0.15, -0.1) is 11.3 Å². The lowest BCUT2D eigenvalue weighted by molar-refractivity contribution is 0.00578. The minimum absolute atomic E-state index is 0.0354. The third-order valence-corrected chi connectivity index (χ3v) is 8.38. The summed E-state index contributed by atoms with van der Waals surface area (Å²) in [5.41, 5.74) is 1.00. The molecule has 214 valence electrons. The number of benzene rings is 2. The zero-order valence-corrected chi connectivity index (χ0v) is 25.7. The first kappa shape index (κ1) is 30.6. The van der Waals surface area contributed by atoms with E-state index in [-0.39, 0.29) is 22.2 Å². The highest BCUT2D eigenvalue weighted by molar-refractivity contribution is 8.01. The van der Waals surface area contributed by atoms with Crippen LogP contribution in [-0.4, -0.2) is 35.0 Å². The lowest BCUT2D eigenvalue weighted by atomic mass is 9.78. The molecule has 4 rings (SSSR count). The molecule has 0 atom stereocenters. The van der Waals surface area contributed by atoms with Gasteiger partial charge in [-0.3, -0.25) is 0 Å². The number of nitrogens with one attached hydrogen (secondary N) is 1. The predicted octanol–water partition coefficient (Wildman–Crippen LogP) is 7.43. The topological polar surface area (TPSA) is 72.9 Å². The number of amides is 1. The number of carbonyl (C=O) groups excluding carboxylic acids is 1. The summed E-state index contributed by atoms with van der Waals surface area (Å²) in [4.78, 5) is 17.1. The van der Waals surface area contributed by atoms with Crippen LogP contribution in [0.4, 0.5) is 25.1 Å². The van der Waals surface area contributed by atoms with Crippen molar-refractivity contribution in [2.75, 3.05) is 9.62 Å². The summed E-state index contributed by atoms with van der Waals surface area (Å²) < 4.78 is 48.7. The molecule has 1 saturated heterocycles. The quantitative estimate of drug-likeness (QED) is 0.221. The van der Waals surface area contributed by atoms with Gasteiger partial charge in [0.25, 0.3) is 0 Å². The highest BCUT2D eigenvalue weighted by Gasteiger charge is 2.51. The molecular formula is C27H31BClF2N3O4S2. The van der Waals surface area contributed by atoms with Crippen molar-refractivity contribution >= 4 is 65.1 Å². The minimum atomic E-state index is -0.759. The van der Waals surface area contributed by atoms with E-state index in [9.17, 15) is 9.18 Å². The molecule has 1 aliphatic heterocycles. The first-order valence-corrected chi connectivity index (χ1v) is 14.6. The van der Waals surface area contributed by atoms with Gasteiger partial charge >= 0.3 is 13.2 Å². The van der Waals surface area contributed by atoms with Gasteiger partial charge in [0.15, 0.2) is 5.82 Å². The maximum absolute atomic E-state index is 15.2. The Bertz CT molecular complexity index is 1370. The Balaban J connectivity index is 1.50. The van der Waals surface area contributed by atoms with Crippen molar-refractivity contribution < 1.29 is 27.6 Å². The summed E-state index contributed by atoms with van der Waals surface area (Å²) >= 11 is 8.57. The van der Waals surface area contributed by atoms with Crippen molar-refractivity contribution in [2.24, 2.45) is 0 Å². The number of thiazole rings is 1. The molecule has 0 radical (unpaired) electrons. The molecule has 1 N–H and O–H groups in total. The average molecular weight is 610 g/mol. The highest BCUT2D eigenvalue weighted by Crippen LogP contribution is 2.38. The van der Waals surface area contributed by atoms with Crippen LogP contribution in [0.1, 0.15) is 54.0 Å². The Hall–Kier alpha value is -2.38. The Kier molecular flexibility index (Phi) is 8.78. The van der Waals surface area contributed by atoms with Gasteiger partial charge < -0.3 is 19.4 Å². The molecule has 2 aromatic carbocycles. The molecule has 7 nitrogen and oxygen atoms in total. The monoisotopic (exact) mass is 609 g/mol. The van der Waals surface area contributed by atoms with Crippen LogP contribution in [-0.2, 0) is 20.6 Å². The van der Waals surface area contributed by atoms with E-state index in [1.165, 1.54) is 33.8 Å². The van der Waals surface area contributed by atoms with Crippen LogP contribution in [0.2, 0.25) is 5.02 Å². The van der Waals surface area contributed by atoms with Crippen LogP contribution in [0.15, 0.2) is 46.1 Å². The number of anilines is 2. The molecule has 13 heteroatoms. The third-order valence-electron chi connectivity index (χ3n) is 6.46. The van der Waals surface area contributed by atoms with E-state index in [1.807, 2.05) is 27.7 Å². The molecule has 0 bridgehead atoms. The summed E-state index contributed by atoms with van der Waals surface area (Å²) in [6.45, 7) is 13.0. The summed E-state index contributed by atoms with van der Waals surface area (Å²) in [5, 5.41) is 4.84. The molecule has 40 heavy (non-hydrogen) atoms. The van der Waals surface area contributed by atoms with Crippen LogP contribution in [0.25, 0.3) is 0 Å². The molecule has 3 aromatic rings. The Morgan fingerprint density at radius 2 is 1.82 bits per heavy atom. The summed E-state index contributed by atoms with van der Waals surface area (Å²) in [5.74, 6) is -0.765. The molecule has 0 aliphatic carbocycles. The highest BCUT2D eigenvalue weighted by atomic mass is 35.5. The largest absolute Gasteiger partial charge is 0.494 e. The molecule has 1 aliphatic rings. The number of hydrogen-bond donors (Lipinski definition) is 1. The smallest absolute Gasteiger partial charge is 0.443 e. The van der Waals surface area contributed by atoms with Gasteiger partial charge in [0.1, 0.15) is 17.2 Å². The zero-order chi connectivity index (χ0) is 29.5. The molecule has 0 saturated carbocycles.